The van der Waals surface area contributed by atoms with E-state index in [-0.39, 0.29) is 17.6 Å². The first-order valence-electron chi connectivity index (χ1n) is 8.77. The van der Waals surface area contributed by atoms with E-state index in [0.717, 1.165) is 19.4 Å². The SMILES string of the molecule is Cc1cccc(C2CCCN2CC(=O)N(C)c2ccc([N+](=O)[O-])cc2)c1. The minimum atomic E-state index is -0.442. The van der Waals surface area contributed by atoms with Crippen LogP contribution in [0.2, 0.25) is 0 Å². The maximum absolute atomic E-state index is 12.7. The summed E-state index contributed by atoms with van der Waals surface area (Å²) in [5, 5.41) is 10.8. The highest BCUT2D eigenvalue weighted by atomic mass is 16.6. The van der Waals surface area contributed by atoms with Gasteiger partial charge < -0.3 is 4.90 Å². The predicted molar refractivity (Wildman–Crippen MR) is 101 cm³/mol. The molecule has 0 aliphatic carbocycles. The first kappa shape index (κ1) is 18.1. The van der Waals surface area contributed by atoms with Gasteiger partial charge in [0.2, 0.25) is 5.91 Å². The van der Waals surface area contributed by atoms with Crippen LogP contribution in [-0.4, -0.2) is 35.9 Å². The van der Waals surface area contributed by atoms with Gasteiger partial charge in [0.1, 0.15) is 0 Å². The summed E-state index contributed by atoms with van der Waals surface area (Å²) in [4.78, 5) is 26.8. The van der Waals surface area contributed by atoms with Crippen LogP contribution in [0.15, 0.2) is 48.5 Å². The van der Waals surface area contributed by atoms with Crippen molar-refractivity contribution in [3.05, 3.63) is 69.8 Å². The van der Waals surface area contributed by atoms with Crippen LogP contribution in [0.25, 0.3) is 0 Å². The molecule has 1 aliphatic rings. The van der Waals surface area contributed by atoms with Crippen LogP contribution in [0.4, 0.5) is 11.4 Å². The molecule has 1 aliphatic heterocycles. The number of nitro groups is 1. The third-order valence-electron chi connectivity index (χ3n) is 4.95. The molecule has 1 amide bonds. The Morgan fingerprint density at radius 1 is 1.27 bits per heavy atom. The number of hydrogen-bond acceptors (Lipinski definition) is 4. The van der Waals surface area contributed by atoms with Crippen molar-refractivity contribution in [3.8, 4) is 0 Å². The van der Waals surface area contributed by atoms with Crippen LogP contribution in [0.3, 0.4) is 0 Å². The Bertz CT molecular complexity index is 804. The minimum absolute atomic E-state index is 0.0154. The van der Waals surface area contributed by atoms with Gasteiger partial charge in [0.15, 0.2) is 0 Å². The summed E-state index contributed by atoms with van der Waals surface area (Å²) in [6.07, 6.45) is 2.13. The predicted octanol–water partition coefficient (Wildman–Crippen LogP) is 3.70. The van der Waals surface area contributed by atoms with E-state index in [0.29, 0.717) is 12.2 Å². The molecule has 1 unspecified atom stereocenters. The first-order chi connectivity index (χ1) is 12.5. The van der Waals surface area contributed by atoms with Gasteiger partial charge in [-0.15, -0.1) is 0 Å². The van der Waals surface area contributed by atoms with Crippen LogP contribution < -0.4 is 4.90 Å². The zero-order valence-corrected chi connectivity index (χ0v) is 15.1. The number of anilines is 1. The second-order valence-corrected chi connectivity index (χ2v) is 6.77. The Balaban J connectivity index is 1.69. The highest BCUT2D eigenvalue weighted by Gasteiger charge is 2.28. The number of carbonyl (C=O) groups is 1. The Morgan fingerprint density at radius 3 is 2.65 bits per heavy atom. The fourth-order valence-corrected chi connectivity index (χ4v) is 3.49. The van der Waals surface area contributed by atoms with E-state index in [4.69, 9.17) is 0 Å². The van der Waals surface area contributed by atoms with E-state index in [1.165, 1.54) is 23.3 Å². The summed E-state index contributed by atoms with van der Waals surface area (Å²) < 4.78 is 0. The molecular weight excluding hydrogens is 330 g/mol. The molecule has 1 heterocycles. The lowest BCUT2D eigenvalue weighted by Gasteiger charge is -2.27. The fraction of sp³-hybridized carbons (Fsp3) is 0.350. The third kappa shape index (κ3) is 3.91. The van der Waals surface area contributed by atoms with Gasteiger partial charge >= 0.3 is 0 Å². The molecule has 0 spiro atoms. The summed E-state index contributed by atoms with van der Waals surface area (Å²) >= 11 is 0. The number of nitrogens with zero attached hydrogens (tertiary/aromatic N) is 3. The van der Waals surface area contributed by atoms with Gasteiger partial charge in [-0.25, -0.2) is 0 Å². The van der Waals surface area contributed by atoms with Gasteiger partial charge in [0, 0.05) is 30.9 Å². The van der Waals surface area contributed by atoms with Crippen LogP contribution in [0.1, 0.15) is 30.0 Å². The molecule has 6 nitrogen and oxygen atoms in total. The van der Waals surface area contributed by atoms with Gasteiger partial charge in [0.25, 0.3) is 5.69 Å². The van der Waals surface area contributed by atoms with Crippen molar-refractivity contribution in [2.45, 2.75) is 25.8 Å². The molecule has 3 rings (SSSR count). The average molecular weight is 353 g/mol. The number of amides is 1. The van der Waals surface area contributed by atoms with Gasteiger partial charge in [-0.1, -0.05) is 29.8 Å². The van der Waals surface area contributed by atoms with Crippen LogP contribution in [-0.2, 0) is 4.79 Å². The summed E-state index contributed by atoms with van der Waals surface area (Å²) in [7, 11) is 1.71. The van der Waals surface area contributed by atoms with Crippen molar-refractivity contribution in [1.82, 2.24) is 4.90 Å². The molecule has 26 heavy (non-hydrogen) atoms. The molecule has 6 heteroatoms. The maximum atomic E-state index is 12.7. The number of nitro benzene ring substituents is 1. The largest absolute Gasteiger partial charge is 0.314 e. The van der Waals surface area contributed by atoms with Crippen molar-refractivity contribution < 1.29 is 9.72 Å². The van der Waals surface area contributed by atoms with Gasteiger partial charge in [-0.3, -0.25) is 19.8 Å². The first-order valence-corrected chi connectivity index (χ1v) is 8.77. The molecular formula is C20H23N3O3. The molecule has 0 bridgehead atoms. The van der Waals surface area contributed by atoms with E-state index in [1.54, 1.807) is 24.1 Å². The highest BCUT2D eigenvalue weighted by molar-refractivity contribution is 5.94. The average Bonchev–Trinajstić information content (AvgIpc) is 3.09. The Kier molecular flexibility index (Phi) is 5.32. The van der Waals surface area contributed by atoms with E-state index >= 15 is 0 Å². The molecule has 0 N–H and O–H groups in total. The summed E-state index contributed by atoms with van der Waals surface area (Å²) in [5.41, 5.74) is 3.16. The molecule has 2 aromatic carbocycles. The Labute approximate surface area is 153 Å². The van der Waals surface area contributed by atoms with Gasteiger partial charge in [-0.05, 0) is 44.0 Å². The molecule has 1 atom stereocenters. The molecule has 0 saturated carbocycles. The maximum Gasteiger partial charge on any atom is 0.269 e. The van der Waals surface area contributed by atoms with Crippen LogP contribution in [0.5, 0.6) is 0 Å². The van der Waals surface area contributed by atoms with E-state index in [2.05, 4.69) is 36.1 Å². The highest BCUT2D eigenvalue weighted by Crippen LogP contribution is 2.32. The monoisotopic (exact) mass is 353 g/mol. The normalized spacial score (nSPS) is 17.2. The number of hydrogen-bond donors (Lipinski definition) is 0. The minimum Gasteiger partial charge on any atom is -0.314 e. The lowest BCUT2D eigenvalue weighted by Crippen LogP contribution is -2.38. The van der Waals surface area contributed by atoms with Crippen molar-refractivity contribution >= 4 is 17.3 Å². The number of likely N-dealkylation sites (tertiary alicyclic amines) is 1. The number of aryl methyl sites for hydroxylation is 1. The number of likely N-dealkylation sites (N-methyl/N-ethyl adjacent to an activating group) is 1. The van der Waals surface area contributed by atoms with Crippen molar-refractivity contribution in [2.75, 3.05) is 25.0 Å². The Morgan fingerprint density at radius 2 is 2.00 bits per heavy atom. The standard InChI is InChI=1S/C20H23N3O3/c1-15-5-3-6-16(13-15)19-7-4-12-22(19)14-20(24)21(2)17-8-10-18(11-9-17)23(25)26/h3,5-6,8-11,13,19H,4,7,12,14H2,1-2H3. The smallest absolute Gasteiger partial charge is 0.269 e. The van der Waals surface area contributed by atoms with Crippen molar-refractivity contribution in [2.24, 2.45) is 0 Å². The van der Waals surface area contributed by atoms with Gasteiger partial charge in [0.05, 0.1) is 11.5 Å². The summed E-state index contributed by atoms with van der Waals surface area (Å²) in [5.74, 6) is -0.0154. The van der Waals surface area contributed by atoms with Crippen molar-refractivity contribution in [3.63, 3.8) is 0 Å². The number of carbonyl (C=O) groups excluding carboxylic acids is 1. The quantitative estimate of drug-likeness (QED) is 0.607. The molecule has 0 aromatic heterocycles. The summed E-state index contributed by atoms with van der Waals surface area (Å²) in [6, 6.07) is 14.8. The van der Waals surface area contributed by atoms with Crippen LogP contribution in [0, 0.1) is 17.0 Å². The molecule has 0 radical (unpaired) electrons. The summed E-state index contributed by atoms with van der Waals surface area (Å²) in [6.45, 7) is 3.32. The Hall–Kier alpha value is -2.73. The van der Waals surface area contributed by atoms with E-state index in [1.807, 2.05) is 0 Å². The van der Waals surface area contributed by atoms with Gasteiger partial charge in [-0.2, -0.15) is 0 Å². The number of non-ortho nitro benzene ring substituents is 1. The topological polar surface area (TPSA) is 66.7 Å². The second-order valence-electron chi connectivity index (χ2n) is 6.77. The zero-order valence-electron chi connectivity index (χ0n) is 15.1. The zero-order chi connectivity index (χ0) is 18.7. The molecule has 1 saturated heterocycles. The number of rotatable bonds is 5. The molecule has 136 valence electrons. The van der Waals surface area contributed by atoms with E-state index < -0.39 is 4.92 Å². The second kappa shape index (κ2) is 7.66. The lowest BCUT2D eigenvalue weighted by molar-refractivity contribution is -0.384. The van der Waals surface area contributed by atoms with Crippen LogP contribution >= 0.6 is 0 Å². The lowest BCUT2D eigenvalue weighted by atomic mass is 10.0. The molecule has 1 fully saturated rings. The third-order valence-corrected chi connectivity index (χ3v) is 4.95. The van der Waals surface area contributed by atoms with Crippen molar-refractivity contribution in [1.29, 1.82) is 0 Å². The fourth-order valence-electron chi connectivity index (χ4n) is 3.49. The molecule has 2 aromatic rings. The number of benzene rings is 2. The van der Waals surface area contributed by atoms with E-state index in [9.17, 15) is 14.9 Å².